The Hall–Kier alpha value is -3.42. The number of benzene rings is 3. The Morgan fingerprint density at radius 2 is 1.69 bits per heavy atom. The molecular weight excluding hydrogens is 486 g/mol. The molecule has 2 saturated heterocycles. The summed E-state index contributed by atoms with van der Waals surface area (Å²) in [5, 5.41) is 5.70. The van der Waals surface area contributed by atoms with Crippen LogP contribution in [0, 0.1) is 0 Å². The lowest BCUT2D eigenvalue weighted by molar-refractivity contribution is -0.137. The summed E-state index contributed by atoms with van der Waals surface area (Å²) in [5.74, 6) is -0.00689. The van der Waals surface area contributed by atoms with Gasteiger partial charge >= 0.3 is 0 Å². The van der Waals surface area contributed by atoms with Gasteiger partial charge in [-0.1, -0.05) is 60.7 Å². The molecule has 204 valence electrons. The fourth-order valence-corrected chi connectivity index (χ4v) is 6.88. The van der Waals surface area contributed by atoms with Gasteiger partial charge in [-0.3, -0.25) is 14.5 Å². The van der Waals surface area contributed by atoms with Gasteiger partial charge in [0.2, 0.25) is 11.8 Å². The summed E-state index contributed by atoms with van der Waals surface area (Å²) in [6.45, 7) is 3.06. The number of anilines is 1. The first-order valence-electron chi connectivity index (χ1n) is 14.4. The fourth-order valence-electron chi connectivity index (χ4n) is 6.88. The highest BCUT2D eigenvalue weighted by atomic mass is 16.2. The molecule has 0 bridgehead atoms. The van der Waals surface area contributed by atoms with E-state index in [1.54, 1.807) is 4.90 Å². The summed E-state index contributed by atoms with van der Waals surface area (Å²) >= 11 is 0. The molecule has 2 atom stereocenters. The van der Waals surface area contributed by atoms with Crippen molar-refractivity contribution in [1.82, 2.24) is 15.1 Å². The number of likely N-dealkylation sites (tertiary alicyclic amines) is 1. The van der Waals surface area contributed by atoms with E-state index in [0.717, 1.165) is 63.8 Å². The number of amides is 2. The number of hydrogen-bond donors (Lipinski definition) is 2. The molecule has 3 fully saturated rings. The molecule has 2 aliphatic heterocycles. The normalized spacial score (nSPS) is 23.5. The Labute approximate surface area is 230 Å². The van der Waals surface area contributed by atoms with Crippen molar-refractivity contribution in [2.24, 2.45) is 5.73 Å². The van der Waals surface area contributed by atoms with Gasteiger partial charge in [0.1, 0.15) is 12.1 Å². The van der Waals surface area contributed by atoms with E-state index in [9.17, 15) is 9.59 Å². The van der Waals surface area contributed by atoms with Crippen molar-refractivity contribution in [3.05, 3.63) is 78.4 Å². The van der Waals surface area contributed by atoms with Crippen LogP contribution in [-0.2, 0) is 16.1 Å². The van der Waals surface area contributed by atoms with Crippen molar-refractivity contribution in [1.29, 1.82) is 0 Å². The van der Waals surface area contributed by atoms with Gasteiger partial charge in [-0.25, -0.2) is 0 Å². The van der Waals surface area contributed by atoms with Crippen molar-refractivity contribution < 1.29 is 9.59 Å². The second-order valence-corrected chi connectivity index (χ2v) is 11.5. The first-order chi connectivity index (χ1) is 19.0. The van der Waals surface area contributed by atoms with Crippen molar-refractivity contribution in [2.45, 2.75) is 62.7 Å². The molecule has 1 saturated carbocycles. The molecule has 1 aliphatic carbocycles. The monoisotopic (exact) mass is 525 g/mol. The summed E-state index contributed by atoms with van der Waals surface area (Å²) in [5.41, 5.74) is 7.86. The molecular formula is C32H39N5O2. The second kappa shape index (κ2) is 11.0. The number of rotatable bonds is 6. The summed E-state index contributed by atoms with van der Waals surface area (Å²) in [4.78, 5) is 33.5. The fraction of sp³-hybridized carbons (Fsp3) is 0.438. The molecule has 0 unspecified atom stereocenters. The number of nitrogens with two attached hydrogens (primary N) is 1. The number of hydrogen-bond acceptors (Lipinski definition) is 5. The van der Waals surface area contributed by atoms with Crippen LogP contribution in [-0.4, -0.2) is 65.5 Å². The summed E-state index contributed by atoms with van der Waals surface area (Å²) in [6.07, 6.45) is 5.30. The predicted octanol–water partition coefficient (Wildman–Crippen LogP) is 3.87. The van der Waals surface area contributed by atoms with E-state index in [-0.39, 0.29) is 30.4 Å². The molecule has 2 heterocycles. The van der Waals surface area contributed by atoms with Gasteiger partial charge in [0, 0.05) is 37.4 Å². The molecule has 0 radical (unpaired) electrons. The van der Waals surface area contributed by atoms with Crippen LogP contribution in [0.2, 0.25) is 0 Å². The van der Waals surface area contributed by atoms with Gasteiger partial charge < -0.3 is 20.9 Å². The predicted molar refractivity (Wildman–Crippen MR) is 155 cm³/mol. The van der Waals surface area contributed by atoms with Gasteiger partial charge in [-0.15, -0.1) is 0 Å². The lowest BCUT2D eigenvalue weighted by Gasteiger charge is -2.43. The van der Waals surface area contributed by atoms with E-state index in [4.69, 9.17) is 5.73 Å². The maximum absolute atomic E-state index is 14.1. The maximum Gasteiger partial charge on any atom is 0.250 e. The van der Waals surface area contributed by atoms with Crippen molar-refractivity contribution in [2.75, 3.05) is 31.2 Å². The van der Waals surface area contributed by atoms with Crippen LogP contribution in [0.1, 0.15) is 44.1 Å². The van der Waals surface area contributed by atoms with Gasteiger partial charge in [0.25, 0.3) is 0 Å². The van der Waals surface area contributed by atoms with E-state index in [0.29, 0.717) is 6.67 Å². The largest absolute Gasteiger partial charge is 0.352 e. The van der Waals surface area contributed by atoms with Gasteiger partial charge in [0.05, 0.1) is 6.67 Å². The van der Waals surface area contributed by atoms with Crippen molar-refractivity contribution >= 4 is 28.3 Å². The zero-order chi connectivity index (χ0) is 26.8. The van der Waals surface area contributed by atoms with Crippen LogP contribution in [0.25, 0.3) is 10.8 Å². The molecule has 0 aromatic heterocycles. The summed E-state index contributed by atoms with van der Waals surface area (Å²) in [6, 6.07) is 25.5. The number of carbonyl (C=O) groups is 2. The lowest BCUT2D eigenvalue weighted by atomic mass is 9.85. The topological polar surface area (TPSA) is 81.9 Å². The number of fused-ring (bicyclic) bond motifs is 1. The first kappa shape index (κ1) is 25.8. The molecule has 3 aliphatic rings. The molecule has 3 aromatic carbocycles. The third-order valence-corrected chi connectivity index (χ3v) is 8.95. The number of nitrogens with zero attached hydrogens (tertiary/aromatic N) is 3. The zero-order valence-corrected chi connectivity index (χ0v) is 22.6. The minimum atomic E-state index is -0.621. The summed E-state index contributed by atoms with van der Waals surface area (Å²) in [7, 11) is 0. The highest BCUT2D eigenvalue weighted by molar-refractivity contribution is 5.96. The number of para-hydroxylation sites is 1. The molecule has 7 heteroatoms. The van der Waals surface area contributed by atoms with E-state index < -0.39 is 5.54 Å². The van der Waals surface area contributed by atoms with Gasteiger partial charge in [0.15, 0.2) is 0 Å². The zero-order valence-electron chi connectivity index (χ0n) is 22.6. The standard InChI is InChI=1S/C32H39N5O2/c33-26-11-7-12-27(20-26)34-30(38)22-36-23-37(28-13-2-1-3-14-28)32(31(36)39)16-18-35(19-17-32)21-25-10-6-9-24-8-4-5-15-29(24)25/h1-6,8-10,13-15,26-27H,7,11-12,16-23,33H2,(H,34,38)/t26-,27-/m1/s1. The minimum absolute atomic E-state index is 0.0756. The van der Waals surface area contributed by atoms with Crippen LogP contribution in [0.3, 0.4) is 0 Å². The SMILES string of the molecule is N[C@@H]1CCC[C@@H](NC(=O)CN2CN(c3ccccc3)C3(CCN(Cc4cccc5ccccc45)CC3)C2=O)C1. The van der Waals surface area contributed by atoms with Crippen molar-refractivity contribution in [3.63, 3.8) is 0 Å². The molecule has 7 nitrogen and oxygen atoms in total. The number of carbonyl (C=O) groups excluding carboxylic acids is 2. The van der Waals surface area contributed by atoms with E-state index in [1.807, 2.05) is 18.2 Å². The van der Waals surface area contributed by atoms with Crippen LogP contribution in [0.15, 0.2) is 72.8 Å². The Bertz CT molecular complexity index is 1320. The molecule has 6 rings (SSSR count). The highest BCUT2D eigenvalue weighted by Crippen LogP contribution is 2.40. The van der Waals surface area contributed by atoms with Gasteiger partial charge in [-0.05, 0) is 67.0 Å². The van der Waals surface area contributed by atoms with E-state index in [1.165, 1.54) is 16.3 Å². The average Bonchev–Trinajstić information content (AvgIpc) is 3.21. The summed E-state index contributed by atoms with van der Waals surface area (Å²) < 4.78 is 0. The third-order valence-electron chi connectivity index (χ3n) is 8.95. The molecule has 3 aromatic rings. The average molecular weight is 526 g/mol. The Kier molecular flexibility index (Phi) is 7.28. The van der Waals surface area contributed by atoms with E-state index in [2.05, 4.69) is 69.7 Å². The number of nitrogens with one attached hydrogen (secondary N) is 1. The van der Waals surface area contributed by atoms with Crippen LogP contribution in [0.5, 0.6) is 0 Å². The van der Waals surface area contributed by atoms with Gasteiger partial charge in [-0.2, -0.15) is 0 Å². The molecule has 2 amide bonds. The number of piperidine rings is 1. The Morgan fingerprint density at radius 3 is 2.49 bits per heavy atom. The van der Waals surface area contributed by atoms with Crippen molar-refractivity contribution in [3.8, 4) is 0 Å². The molecule has 3 N–H and O–H groups in total. The third kappa shape index (κ3) is 5.25. The second-order valence-electron chi connectivity index (χ2n) is 11.5. The Balaban J connectivity index is 1.17. The highest BCUT2D eigenvalue weighted by Gasteiger charge is 2.54. The van der Waals surface area contributed by atoms with E-state index >= 15 is 0 Å². The Morgan fingerprint density at radius 1 is 0.949 bits per heavy atom. The molecule has 39 heavy (non-hydrogen) atoms. The minimum Gasteiger partial charge on any atom is -0.352 e. The van der Waals surface area contributed by atoms with Crippen LogP contribution in [0.4, 0.5) is 5.69 Å². The molecule has 1 spiro atoms. The lowest BCUT2D eigenvalue weighted by Crippen LogP contribution is -2.56. The smallest absolute Gasteiger partial charge is 0.250 e. The maximum atomic E-state index is 14.1. The quantitative estimate of drug-likeness (QED) is 0.511. The first-order valence-corrected chi connectivity index (χ1v) is 14.4. The van der Waals surface area contributed by atoms with Crippen LogP contribution >= 0.6 is 0 Å². The van der Waals surface area contributed by atoms with Crippen LogP contribution < -0.4 is 16.0 Å².